The fourth-order valence-corrected chi connectivity index (χ4v) is 3.61. The van der Waals surface area contributed by atoms with Crippen LogP contribution >= 0.6 is 0 Å². The van der Waals surface area contributed by atoms with Gasteiger partial charge in [0.1, 0.15) is 17.5 Å². The van der Waals surface area contributed by atoms with E-state index in [0.717, 1.165) is 54.2 Å². The Morgan fingerprint density at radius 1 is 0.720 bits per heavy atom. The van der Waals surface area contributed by atoms with E-state index in [2.05, 4.69) is 19.1 Å². The Bertz CT molecular complexity index is 953. The highest BCUT2D eigenvalue weighted by Crippen LogP contribution is 2.38. The minimum Gasteiger partial charge on any atom is -0.207 e. The van der Waals surface area contributed by atoms with Crippen LogP contribution in [0.2, 0.25) is 0 Å². The van der Waals surface area contributed by atoms with E-state index in [9.17, 15) is 13.2 Å². The molecule has 0 N–H and O–H groups in total. The summed E-state index contributed by atoms with van der Waals surface area (Å²) in [5.74, 6) is -1.87. The van der Waals surface area contributed by atoms with Crippen LogP contribution < -0.4 is 0 Å². The molecule has 4 rings (SSSR count). The Morgan fingerprint density at radius 3 is 2.08 bits per heavy atom. The summed E-state index contributed by atoms with van der Waals surface area (Å²) in [5, 5.41) is 0. The first-order valence-corrected chi connectivity index (χ1v) is 8.46. The average Bonchev–Trinajstić information content (AvgIpc) is 2.59. The molecule has 0 radical (unpaired) electrons. The number of hydrogen-bond donors (Lipinski definition) is 0. The third-order valence-corrected chi connectivity index (χ3v) is 4.90. The second kappa shape index (κ2) is 6.07. The summed E-state index contributed by atoms with van der Waals surface area (Å²) in [6.07, 6.45) is 2.65. The van der Waals surface area contributed by atoms with Crippen LogP contribution in [0, 0.1) is 17.5 Å². The molecule has 0 heterocycles. The number of hydrogen-bond acceptors (Lipinski definition) is 0. The molecule has 0 aromatic heterocycles. The number of benzene rings is 3. The summed E-state index contributed by atoms with van der Waals surface area (Å²) < 4.78 is 41.7. The van der Waals surface area contributed by atoms with Crippen molar-refractivity contribution in [2.75, 3.05) is 0 Å². The van der Waals surface area contributed by atoms with Crippen LogP contribution in [0.1, 0.15) is 23.6 Å². The van der Waals surface area contributed by atoms with Gasteiger partial charge in [-0.05, 0) is 76.9 Å². The summed E-state index contributed by atoms with van der Waals surface area (Å²) in [6, 6.07) is 12.7. The average molecular weight is 338 g/mol. The van der Waals surface area contributed by atoms with E-state index in [1.165, 1.54) is 17.2 Å². The van der Waals surface area contributed by atoms with Gasteiger partial charge in [0.2, 0.25) is 0 Å². The summed E-state index contributed by atoms with van der Waals surface area (Å²) >= 11 is 0. The zero-order valence-corrected chi connectivity index (χ0v) is 13.9. The molecule has 0 nitrogen and oxygen atoms in total. The Labute approximate surface area is 144 Å². The van der Waals surface area contributed by atoms with E-state index < -0.39 is 17.5 Å². The molecule has 0 saturated carbocycles. The van der Waals surface area contributed by atoms with E-state index in [0.29, 0.717) is 0 Å². The van der Waals surface area contributed by atoms with Gasteiger partial charge in [-0.2, -0.15) is 0 Å². The van der Waals surface area contributed by atoms with Crippen LogP contribution in [0.5, 0.6) is 0 Å². The van der Waals surface area contributed by atoms with Crippen LogP contribution in [0.3, 0.4) is 0 Å². The first-order chi connectivity index (χ1) is 12.0. The van der Waals surface area contributed by atoms with E-state index in [-0.39, 0.29) is 11.1 Å². The number of aryl methyl sites for hydroxylation is 3. The van der Waals surface area contributed by atoms with Gasteiger partial charge in [0.15, 0.2) is 0 Å². The highest BCUT2D eigenvalue weighted by molar-refractivity contribution is 5.78. The van der Waals surface area contributed by atoms with Gasteiger partial charge in [0.05, 0.1) is 0 Å². The maximum Gasteiger partial charge on any atom is 0.131 e. The minimum absolute atomic E-state index is 0.227. The molecule has 0 fully saturated rings. The molecule has 0 spiro atoms. The SMILES string of the molecule is CCc1ccc2c(c1)CCc1cc(-c3cc(F)cc(F)c3)c(F)cc1-2. The highest BCUT2D eigenvalue weighted by Gasteiger charge is 2.20. The third kappa shape index (κ3) is 2.84. The monoisotopic (exact) mass is 338 g/mol. The quantitative estimate of drug-likeness (QED) is 0.530. The highest BCUT2D eigenvalue weighted by atomic mass is 19.1. The van der Waals surface area contributed by atoms with Gasteiger partial charge in [-0.25, -0.2) is 13.2 Å². The van der Waals surface area contributed by atoms with Crippen molar-refractivity contribution in [1.82, 2.24) is 0 Å². The van der Waals surface area contributed by atoms with Gasteiger partial charge in [-0.1, -0.05) is 25.1 Å². The van der Waals surface area contributed by atoms with Gasteiger partial charge >= 0.3 is 0 Å². The van der Waals surface area contributed by atoms with Crippen LogP contribution in [-0.4, -0.2) is 0 Å². The van der Waals surface area contributed by atoms with E-state index in [1.54, 1.807) is 6.07 Å². The predicted molar refractivity (Wildman–Crippen MR) is 94.0 cm³/mol. The molecule has 0 amide bonds. The predicted octanol–water partition coefficient (Wildman–Crippen LogP) is 6.10. The normalized spacial score (nSPS) is 12.6. The van der Waals surface area contributed by atoms with Crippen LogP contribution in [-0.2, 0) is 19.3 Å². The zero-order chi connectivity index (χ0) is 17.6. The Hall–Kier alpha value is -2.55. The fourth-order valence-electron chi connectivity index (χ4n) is 3.61. The van der Waals surface area contributed by atoms with Crippen LogP contribution in [0.15, 0.2) is 48.5 Å². The van der Waals surface area contributed by atoms with Gasteiger partial charge < -0.3 is 0 Å². The molecule has 3 aromatic rings. The van der Waals surface area contributed by atoms with Crippen molar-refractivity contribution in [3.8, 4) is 22.3 Å². The van der Waals surface area contributed by atoms with Gasteiger partial charge in [0, 0.05) is 11.6 Å². The van der Waals surface area contributed by atoms with Gasteiger partial charge in [-0.3, -0.25) is 0 Å². The Morgan fingerprint density at radius 2 is 1.40 bits per heavy atom. The van der Waals surface area contributed by atoms with Crippen LogP contribution in [0.4, 0.5) is 13.2 Å². The van der Waals surface area contributed by atoms with E-state index >= 15 is 0 Å². The van der Waals surface area contributed by atoms with Crippen molar-refractivity contribution in [3.05, 3.63) is 82.7 Å². The van der Waals surface area contributed by atoms with Crippen molar-refractivity contribution < 1.29 is 13.2 Å². The molecule has 0 saturated heterocycles. The molecule has 0 bridgehead atoms. The molecular formula is C22H17F3. The lowest BCUT2D eigenvalue weighted by Gasteiger charge is -2.22. The summed E-state index contributed by atoms with van der Waals surface area (Å²) in [6.45, 7) is 2.11. The zero-order valence-electron chi connectivity index (χ0n) is 13.9. The Kier molecular flexibility index (Phi) is 3.87. The lowest BCUT2D eigenvalue weighted by molar-refractivity contribution is 0.583. The largest absolute Gasteiger partial charge is 0.207 e. The molecule has 25 heavy (non-hydrogen) atoms. The van der Waals surface area contributed by atoms with Gasteiger partial charge in [-0.15, -0.1) is 0 Å². The molecule has 126 valence electrons. The molecule has 0 unspecified atom stereocenters. The number of rotatable bonds is 2. The van der Waals surface area contributed by atoms with E-state index in [4.69, 9.17) is 0 Å². The molecular weight excluding hydrogens is 321 g/mol. The minimum atomic E-state index is -0.704. The Balaban J connectivity index is 1.85. The van der Waals surface area contributed by atoms with Crippen molar-refractivity contribution in [3.63, 3.8) is 0 Å². The first-order valence-electron chi connectivity index (χ1n) is 8.46. The van der Waals surface area contributed by atoms with Crippen LogP contribution in [0.25, 0.3) is 22.3 Å². The fraction of sp³-hybridized carbons (Fsp3) is 0.182. The first kappa shape index (κ1) is 15.9. The van der Waals surface area contributed by atoms with Crippen molar-refractivity contribution in [1.29, 1.82) is 0 Å². The summed E-state index contributed by atoms with van der Waals surface area (Å²) in [4.78, 5) is 0. The topological polar surface area (TPSA) is 0 Å². The maximum absolute atomic E-state index is 14.7. The molecule has 3 aromatic carbocycles. The molecule has 1 aliphatic rings. The number of halogens is 3. The molecule has 1 aliphatic carbocycles. The van der Waals surface area contributed by atoms with Gasteiger partial charge in [0.25, 0.3) is 0 Å². The second-order valence-corrected chi connectivity index (χ2v) is 6.49. The smallest absolute Gasteiger partial charge is 0.131 e. The number of fused-ring (bicyclic) bond motifs is 3. The third-order valence-electron chi connectivity index (χ3n) is 4.90. The summed E-state index contributed by atoms with van der Waals surface area (Å²) in [7, 11) is 0. The molecule has 3 heteroatoms. The lowest BCUT2D eigenvalue weighted by Crippen LogP contribution is -2.06. The molecule has 0 atom stereocenters. The van der Waals surface area contributed by atoms with Crippen molar-refractivity contribution in [2.45, 2.75) is 26.2 Å². The lowest BCUT2D eigenvalue weighted by atomic mass is 9.83. The maximum atomic E-state index is 14.7. The molecule has 0 aliphatic heterocycles. The summed E-state index contributed by atoms with van der Waals surface area (Å²) in [5.41, 5.74) is 5.91. The van der Waals surface area contributed by atoms with E-state index in [1.807, 2.05) is 6.07 Å². The second-order valence-electron chi connectivity index (χ2n) is 6.49. The van der Waals surface area contributed by atoms with Crippen molar-refractivity contribution in [2.24, 2.45) is 0 Å². The van der Waals surface area contributed by atoms with Crippen molar-refractivity contribution >= 4 is 0 Å². The standard InChI is InChI=1S/C22H17F3/c1-2-13-3-6-19-14(7-13)4-5-15-10-21(22(25)12-20(15)19)16-8-17(23)11-18(24)9-16/h3,6-12H,2,4-5H2,1H3.